The number of amides is 3. The standard InChI is InChI=1S/C20H20N4O3S/c1-11-6-7-13(8-12(11)2)22-20(27)23-16(25)9-24-10-21-18-17(19(24)26)14-4-3-5-15(14)28-18/h6-8,10H,3-5,9H2,1-2H3,(H2,22,23,25,27). The second-order valence-electron chi connectivity index (χ2n) is 7.02. The molecule has 0 bridgehead atoms. The zero-order valence-electron chi connectivity index (χ0n) is 15.7. The Morgan fingerprint density at radius 3 is 2.82 bits per heavy atom. The Balaban J connectivity index is 1.46. The minimum absolute atomic E-state index is 0.228. The molecule has 1 aliphatic carbocycles. The molecule has 0 atom stereocenters. The number of urea groups is 1. The molecule has 0 saturated carbocycles. The molecule has 28 heavy (non-hydrogen) atoms. The minimum atomic E-state index is -0.633. The Morgan fingerprint density at radius 1 is 1.21 bits per heavy atom. The van der Waals surface area contributed by atoms with Crippen molar-refractivity contribution < 1.29 is 9.59 Å². The van der Waals surface area contributed by atoms with Crippen molar-refractivity contribution in [1.82, 2.24) is 14.9 Å². The van der Waals surface area contributed by atoms with Crippen molar-refractivity contribution in [2.24, 2.45) is 0 Å². The van der Waals surface area contributed by atoms with Crippen LogP contribution in [0.4, 0.5) is 10.5 Å². The van der Waals surface area contributed by atoms with Crippen LogP contribution >= 0.6 is 11.3 Å². The van der Waals surface area contributed by atoms with Gasteiger partial charge in [0.1, 0.15) is 11.4 Å². The fraction of sp³-hybridized carbons (Fsp3) is 0.300. The topological polar surface area (TPSA) is 93.1 Å². The van der Waals surface area contributed by atoms with Crippen LogP contribution in [-0.4, -0.2) is 21.5 Å². The van der Waals surface area contributed by atoms with Gasteiger partial charge in [-0.25, -0.2) is 9.78 Å². The van der Waals surface area contributed by atoms with E-state index < -0.39 is 11.9 Å². The Bertz CT molecular complexity index is 1160. The number of rotatable bonds is 3. The van der Waals surface area contributed by atoms with E-state index in [1.54, 1.807) is 17.4 Å². The number of hydrogen-bond donors (Lipinski definition) is 2. The molecule has 8 heteroatoms. The molecule has 144 valence electrons. The molecule has 0 saturated heterocycles. The lowest BCUT2D eigenvalue weighted by Gasteiger charge is -2.09. The van der Waals surface area contributed by atoms with Crippen LogP contribution in [0.5, 0.6) is 0 Å². The highest BCUT2D eigenvalue weighted by molar-refractivity contribution is 7.18. The smallest absolute Gasteiger partial charge is 0.308 e. The number of carbonyl (C=O) groups excluding carboxylic acids is 2. The number of fused-ring (bicyclic) bond motifs is 3. The number of anilines is 1. The van der Waals surface area contributed by atoms with Gasteiger partial charge in [0.15, 0.2) is 0 Å². The second-order valence-corrected chi connectivity index (χ2v) is 8.10. The lowest BCUT2D eigenvalue weighted by Crippen LogP contribution is -2.38. The Morgan fingerprint density at radius 2 is 2.04 bits per heavy atom. The normalized spacial score (nSPS) is 12.8. The zero-order valence-corrected chi connectivity index (χ0v) is 16.5. The maximum absolute atomic E-state index is 12.8. The Labute approximate surface area is 165 Å². The molecule has 1 aliphatic rings. The number of benzene rings is 1. The van der Waals surface area contributed by atoms with Gasteiger partial charge in [-0.1, -0.05) is 6.07 Å². The van der Waals surface area contributed by atoms with Gasteiger partial charge in [-0.3, -0.25) is 19.5 Å². The van der Waals surface area contributed by atoms with Gasteiger partial charge in [-0.15, -0.1) is 11.3 Å². The summed E-state index contributed by atoms with van der Waals surface area (Å²) in [5.41, 5.74) is 3.60. The molecule has 0 unspecified atom stereocenters. The third-order valence-corrected chi connectivity index (χ3v) is 6.22. The zero-order chi connectivity index (χ0) is 19.8. The lowest BCUT2D eigenvalue weighted by atomic mass is 10.1. The Hall–Kier alpha value is -3.00. The third-order valence-electron chi connectivity index (χ3n) is 5.02. The van der Waals surface area contributed by atoms with Gasteiger partial charge in [0.05, 0.1) is 11.7 Å². The molecule has 1 aromatic carbocycles. The van der Waals surface area contributed by atoms with Crippen molar-refractivity contribution in [3.63, 3.8) is 0 Å². The fourth-order valence-electron chi connectivity index (χ4n) is 3.43. The highest BCUT2D eigenvalue weighted by Gasteiger charge is 2.22. The molecule has 2 aromatic heterocycles. The van der Waals surface area contributed by atoms with Crippen molar-refractivity contribution in [3.8, 4) is 0 Å². The number of carbonyl (C=O) groups is 2. The van der Waals surface area contributed by atoms with Crippen molar-refractivity contribution in [2.45, 2.75) is 39.7 Å². The van der Waals surface area contributed by atoms with Gasteiger partial charge in [-0.05, 0) is 61.9 Å². The average molecular weight is 396 g/mol. The first-order valence-electron chi connectivity index (χ1n) is 9.10. The number of aryl methyl sites for hydroxylation is 4. The quantitative estimate of drug-likeness (QED) is 0.712. The number of thiophene rings is 1. The van der Waals surface area contributed by atoms with E-state index in [-0.39, 0.29) is 12.1 Å². The molecule has 0 fully saturated rings. The summed E-state index contributed by atoms with van der Waals surface area (Å²) >= 11 is 1.55. The van der Waals surface area contributed by atoms with Crippen molar-refractivity contribution in [1.29, 1.82) is 0 Å². The molecule has 3 aromatic rings. The maximum Gasteiger partial charge on any atom is 0.325 e. The number of aromatic nitrogens is 2. The number of nitrogens with one attached hydrogen (secondary N) is 2. The minimum Gasteiger partial charge on any atom is -0.308 e. The van der Waals surface area contributed by atoms with Crippen LogP contribution in [0.15, 0.2) is 29.3 Å². The van der Waals surface area contributed by atoms with Crippen LogP contribution in [-0.2, 0) is 24.2 Å². The molecule has 7 nitrogen and oxygen atoms in total. The lowest BCUT2D eigenvalue weighted by molar-refractivity contribution is -0.120. The van der Waals surface area contributed by atoms with E-state index in [1.165, 1.54) is 15.8 Å². The van der Waals surface area contributed by atoms with Crippen LogP contribution in [0.1, 0.15) is 28.0 Å². The third kappa shape index (κ3) is 3.43. The van der Waals surface area contributed by atoms with Crippen molar-refractivity contribution in [2.75, 3.05) is 5.32 Å². The molecule has 0 spiro atoms. The van der Waals surface area contributed by atoms with Crippen LogP contribution < -0.4 is 16.2 Å². The Kier molecular flexibility index (Phi) is 4.72. The van der Waals surface area contributed by atoms with Gasteiger partial charge in [-0.2, -0.15) is 0 Å². The molecule has 4 rings (SSSR count). The highest BCUT2D eigenvalue weighted by Crippen LogP contribution is 2.34. The van der Waals surface area contributed by atoms with E-state index in [2.05, 4.69) is 15.6 Å². The van der Waals surface area contributed by atoms with Crippen LogP contribution in [0.3, 0.4) is 0 Å². The van der Waals surface area contributed by atoms with E-state index in [0.29, 0.717) is 11.1 Å². The van der Waals surface area contributed by atoms with Crippen LogP contribution in [0.25, 0.3) is 10.2 Å². The predicted octanol–water partition coefficient (Wildman–Crippen LogP) is 2.91. The first kappa shape index (κ1) is 18.4. The van der Waals surface area contributed by atoms with E-state index in [9.17, 15) is 14.4 Å². The summed E-state index contributed by atoms with van der Waals surface area (Å²) in [5.74, 6) is -0.573. The van der Waals surface area contributed by atoms with Gasteiger partial charge in [0.2, 0.25) is 5.91 Å². The molecule has 2 heterocycles. The monoisotopic (exact) mass is 396 g/mol. The second kappa shape index (κ2) is 7.20. The summed E-state index contributed by atoms with van der Waals surface area (Å²) in [7, 11) is 0. The largest absolute Gasteiger partial charge is 0.325 e. The van der Waals surface area contributed by atoms with E-state index in [1.807, 2.05) is 26.0 Å². The first-order chi connectivity index (χ1) is 13.4. The summed E-state index contributed by atoms with van der Waals surface area (Å²) in [5, 5.41) is 5.50. The molecule has 2 N–H and O–H groups in total. The van der Waals surface area contributed by atoms with E-state index >= 15 is 0 Å². The molecular weight excluding hydrogens is 376 g/mol. The van der Waals surface area contributed by atoms with Crippen LogP contribution in [0, 0.1) is 13.8 Å². The fourth-order valence-corrected chi connectivity index (χ4v) is 4.65. The van der Waals surface area contributed by atoms with Gasteiger partial charge >= 0.3 is 6.03 Å². The molecule has 3 amide bonds. The summed E-state index contributed by atoms with van der Waals surface area (Å²) in [6, 6.07) is 4.86. The van der Waals surface area contributed by atoms with Crippen molar-refractivity contribution in [3.05, 3.63) is 56.4 Å². The van der Waals surface area contributed by atoms with E-state index in [4.69, 9.17) is 0 Å². The molecular formula is C20H20N4O3S. The number of imide groups is 1. The average Bonchev–Trinajstić information content (AvgIpc) is 3.21. The summed E-state index contributed by atoms with van der Waals surface area (Å²) < 4.78 is 1.26. The first-order valence-corrected chi connectivity index (χ1v) is 9.92. The summed E-state index contributed by atoms with van der Waals surface area (Å²) in [6.07, 6.45) is 4.28. The predicted molar refractivity (Wildman–Crippen MR) is 109 cm³/mol. The summed E-state index contributed by atoms with van der Waals surface area (Å²) in [6.45, 7) is 3.67. The number of nitrogens with zero attached hydrogens (tertiary/aromatic N) is 2. The van der Waals surface area contributed by atoms with Crippen LogP contribution in [0.2, 0.25) is 0 Å². The van der Waals surface area contributed by atoms with Gasteiger partial charge in [0, 0.05) is 10.6 Å². The number of hydrogen-bond acceptors (Lipinski definition) is 5. The van der Waals surface area contributed by atoms with Gasteiger partial charge < -0.3 is 5.32 Å². The molecule has 0 aliphatic heterocycles. The van der Waals surface area contributed by atoms with E-state index in [0.717, 1.165) is 40.8 Å². The SMILES string of the molecule is Cc1ccc(NC(=O)NC(=O)Cn2cnc3sc4c(c3c2=O)CCC4)cc1C. The molecule has 0 radical (unpaired) electrons. The highest BCUT2D eigenvalue weighted by atomic mass is 32.1. The summed E-state index contributed by atoms with van der Waals surface area (Å²) in [4.78, 5) is 43.4. The van der Waals surface area contributed by atoms with Gasteiger partial charge in [0.25, 0.3) is 5.56 Å². The van der Waals surface area contributed by atoms with Crippen molar-refractivity contribution >= 4 is 39.2 Å². The maximum atomic E-state index is 12.8.